The van der Waals surface area contributed by atoms with E-state index in [4.69, 9.17) is 11.5 Å². The second-order valence-corrected chi connectivity index (χ2v) is 5.25. The van der Waals surface area contributed by atoms with Crippen LogP contribution in [0.5, 0.6) is 5.75 Å². The van der Waals surface area contributed by atoms with Crippen molar-refractivity contribution in [3.8, 4) is 5.75 Å². The Labute approximate surface area is 124 Å². The highest BCUT2D eigenvalue weighted by molar-refractivity contribution is 5.89. The van der Waals surface area contributed by atoms with Gasteiger partial charge in [0.05, 0.1) is 6.04 Å². The minimum absolute atomic E-state index is 0.0206. The van der Waals surface area contributed by atoms with Gasteiger partial charge in [-0.2, -0.15) is 0 Å². The van der Waals surface area contributed by atoms with Crippen molar-refractivity contribution in [1.29, 1.82) is 0 Å². The second-order valence-electron chi connectivity index (χ2n) is 5.25. The van der Waals surface area contributed by atoms with Crippen molar-refractivity contribution in [2.75, 3.05) is 0 Å². The Morgan fingerprint density at radius 1 is 1.29 bits per heavy atom. The van der Waals surface area contributed by atoms with Crippen molar-refractivity contribution in [2.45, 2.75) is 38.8 Å². The number of nitrogens with two attached hydrogens (primary N) is 2. The molecule has 2 amide bonds. The van der Waals surface area contributed by atoms with E-state index in [1.54, 1.807) is 12.1 Å². The van der Waals surface area contributed by atoms with E-state index in [1.165, 1.54) is 12.1 Å². The summed E-state index contributed by atoms with van der Waals surface area (Å²) in [6, 6.07) is 4.88. The molecule has 0 saturated heterocycles. The highest BCUT2D eigenvalue weighted by atomic mass is 16.3. The monoisotopic (exact) mass is 293 g/mol. The maximum Gasteiger partial charge on any atom is 0.240 e. The third-order valence-electron chi connectivity index (χ3n) is 3.60. The van der Waals surface area contributed by atoms with E-state index in [-0.39, 0.29) is 24.0 Å². The Morgan fingerprint density at radius 2 is 1.86 bits per heavy atom. The van der Waals surface area contributed by atoms with E-state index in [9.17, 15) is 14.7 Å². The Morgan fingerprint density at radius 3 is 2.33 bits per heavy atom. The Balaban J connectivity index is 2.72. The number of nitrogens with one attached hydrogen (secondary N) is 1. The quantitative estimate of drug-likeness (QED) is 0.577. The molecule has 0 heterocycles. The molecular formula is C15H23N3O3. The summed E-state index contributed by atoms with van der Waals surface area (Å²) in [6.07, 6.45) is 1.03. The third-order valence-corrected chi connectivity index (χ3v) is 3.60. The zero-order valence-corrected chi connectivity index (χ0v) is 12.4. The first-order valence-electron chi connectivity index (χ1n) is 6.98. The zero-order valence-electron chi connectivity index (χ0n) is 12.4. The Kier molecular flexibility index (Phi) is 6.17. The fraction of sp³-hybridized carbons (Fsp3) is 0.467. The third kappa shape index (κ3) is 5.07. The van der Waals surface area contributed by atoms with Crippen LogP contribution in [0.4, 0.5) is 0 Å². The summed E-state index contributed by atoms with van der Waals surface area (Å²) in [5.74, 6) is -0.843. The Bertz CT molecular complexity index is 487. The number of phenolic OH excluding ortho intramolecular Hbond substituents is 1. The molecule has 6 heteroatoms. The largest absolute Gasteiger partial charge is 0.508 e. The number of carbonyl (C=O) groups excluding carboxylic acids is 2. The molecule has 0 bridgehead atoms. The molecule has 0 aliphatic heterocycles. The summed E-state index contributed by atoms with van der Waals surface area (Å²) in [4.78, 5) is 23.5. The van der Waals surface area contributed by atoms with Crippen molar-refractivity contribution >= 4 is 11.8 Å². The van der Waals surface area contributed by atoms with E-state index < -0.39 is 18.0 Å². The van der Waals surface area contributed by atoms with Crippen LogP contribution in [-0.2, 0) is 16.0 Å². The minimum atomic E-state index is -0.822. The normalized spacial score (nSPS) is 15.0. The molecule has 0 unspecified atom stereocenters. The number of rotatable bonds is 7. The molecule has 21 heavy (non-hydrogen) atoms. The van der Waals surface area contributed by atoms with Gasteiger partial charge in [-0.25, -0.2) is 0 Å². The summed E-state index contributed by atoms with van der Waals surface area (Å²) in [7, 11) is 0. The number of primary amides is 1. The number of phenols is 1. The summed E-state index contributed by atoms with van der Waals surface area (Å²) in [5.41, 5.74) is 11.9. The van der Waals surface area contributed by atoms with Crippen LogP contribution in [0.25, 0.3) is 0 Å². The topological polar surface area (TPSA) is 118 Å². The van der Waals surface area contributed by atoms with E-state index in [0.717, 1.165) is 12.0 Å². The first kappa shape index (κ1) is 17.0. The average Bonchev–Trinajstić information content (AvgIpc) is 2.46. The van der Waals surface area contributed by atoms with E-state index in [1.807, 2.05) is 13.8 Å². The van der Waals surface area contributed by atoms with Gasteiger partial charge in [-0.3, -0.25) is 9.59 Å². The van der Waals surface area contributed by atoms with Gasteiger partial charge in [-0.15, -0.1) is 0 Å². The molecule has 116 valence electrons. The fourth-order valence-electron chi connectivity index (χ4n) is 1.87. The summed E-state index contributed by atoms with van der Waals surface area (Å²) in [5, 5.41) is 11.8. The van der Waals surface area contributed by atoms with E-state index >= 15 is 0 Å². The standard InChI is InChI=1S/C15H23N3O3/c1-3-9(2)13(16)15(21)18-12(14(17)20)8-10-4-6-11(19)7-5-10/h4-7,9,12-13,19H,3,8,16H2,1-2H3,(H2,17,20)(H,18,21)/t9-,12+,13-/m0/s1. The van der Waals surface area contributed by atoms with Gasteiger partial charge in [0.1, 0.15) is 11.8 Å². The lowest BCUT2D eigenvalue weighted by atomic mass is 9.98. The lowest BCUT2D eigenvalue weighted by molar-refractivity contribution is -0.128. The number of aromatic hydroxyl groups is 1. The average molecular weight is 293 g/mol. The lowest BCUT2D eigenvalue weighted by Gasteiger charge is -2.21. The maximum atomic E-state index is 12.0. The fourth-order valence-corrected chi connectivity index (χ4v) is 1.87. The first-order chi connectivity index (χ1) is 9.85. The molecule has 1 aromatic rings. The molecule has 6 N–H and O–H groups in total. The molecule has 6 nitrogen and oxygen atoms in total. The van der Waals surface area contributed by atoms with Crippen molar-refractivity contribution in [3.05, 3.63) is 29.8 Å². The van der Waals surface area contributed by atoms with Gasteiger partial charge in [0.2, 0.25) is 11.8 Å². The minimum Gasteiger partial charge on any atom is -0.508 e. The molecule has 3 atom stereocenters. The van der Waals surface area contributed by atoms with Crippen LogP contribution in [0.1, 0.15) is 25.8 Å². The summed E-state index contributed by atoms with van der Waals surface area (Å²) in [6.45, 7) is 3.82. The zero-order chi connectivity index (χ0) is 16.0. The highest BCUT2D eigenvalue weighted by Gasteiger charge is 2.24. The van der Waals surface area contributed by atoms with Crippen LogP contribution in [0, 0.1) is 5.92 Å². The van der Waals surface area contributed by atoms with Crippen LogP contribution in [0.2, 0.25) is 0 Å². The van der Waals surface area contributed by atoms with Gasteiger partial charge in [0.15, 0.2) is 0 Å². The number of hydrogen-bond acceptors (Lipinski definition) is 4. The Hall–Kier alpha value is -2.08. The van der Waals surface area contributed by atoms with Gasteiger partial charge >= 0.3 is 0 Å². The van der Waals surface area contributed by atoms with Crippen LogP contribution in [-0.4, -0.2) is 29.0 Å². The smallest absolute Gasteiger partial charge is 0.240 e. The van der Waals surface area contributed by atoms with Gasteiger partial charge in [0.25, 0.3) is 0 Å². The van der Waals surface area contributed by atoms with Crippen LogP contribution < -0.4 is 16.8 Å². The van der Waals surface area contributed by atoms with Gasteiger partial charge in [-0.05, 0) is 23.6 Å². The number of benzene rings is 1. The molecule has 0 spiro atoms. The highest BCUT2D eigenvalue weighted by Crippen LogP contribution is 2.12. The van der Waals surface area contributed by atoms with Crippen LogP contribution in [0.3, 0.4) is 0 Å². The molecular weight excluding hydrogens is 270 g/mol. The lowest BCUT2D eigenvalue weighted by Crippen LogP contribution is -2.53. The molecule has 1 rings (SSSR count). The molecule has 0 saturated carbocycles. The number of amides is 2. The van der Waals surface area contributed by atoms with E-state index in [2.05, 4.69) is 5.32 Å². The predicted octanol–water partition coefficient (Wildman–Crippen LogP) is 0.278. The molecule has 0 fully saturated rings. The van der Waals surface area contributed by atoms with Gasteiger partial charge in [-0.1, -0.05) is 32.4 Å². The second kappa shape index (κ2) is 7.64. The van der Waals surface area contributed by atoms with Gasteiger partial charge in [0, 0.05) is 6.42 Å². The first-order valence-corrected chi connectivity index (χ1v) is 6.98. The summed E-state index contributed by atoms with van der Waals surface area (Å²) < 4.78 is 0. The van der Waals surface area contributed by atoms with Crippen LogP contribution >= 0.6 is 0 Å². The maximum absolute atomic E-state index is 12.0. The summed E-state index contributed by atoms with van der Waals surface area (Å²) >= 11 is 0. The molecule has 0 radical (unpaired) electrons. The van der Waals surface area contributed by atoms with E-state index in [0.29, 0.717) is 0 Å². The number of carbonyl (C=O) groups is 2. The molecule has 0 aliphatic rings. The molecule has 1 aromatic carbocycles. The van der Waals surface area contributed by atoms with Crippen molar-refractivity contribution in [3.63, 3.8) is 0 Å². The molecule has 0 aliphatic carbocycles. The SMILES string of the molecule is CC[C@H](C)[C@H](N)C(=O)N[C@H](Cc1ccc(O)cc1)C(N)=O. The van der Waals surface area contributed by atoms with Crippen molar-refractivity contribution < 1.29 is 14.7 Å². The molecule has 0 aromatic heterocycles. The van der Waals surface area contributed by atoms with Crippen molar-refractivity contribution in [2.24, 2.45) is 17.4 Å². The van der Waals surface area contributed by atoms with Crippen molar-refractivity contribution in [1.82, 2.24) is 5.32 Å². The van der Waals surface area contributed by atoms with Crippen LogP contribution in [0.15, 0.2) is 24.3 Å². The predicted molar refractivity (Wildman–Crippen MR) is 80.4 cm³/mol. The van der Waals surface area contributed by atoms with Gasteiger partial charge < -0.3 is 21.9 Å². The number of hydrogen-bond donors (Lipinski definition) is 4.